The molecule has 5 heteroatoms. The number of ether oxygens (including phenoxy) is 2. The minimum Gasteiger partial charge on any atom is -0.493 e. The van der Waals surface area contributed by atoms with Gasteiger partial charge in [0, 0.05) is 6.21 Å². The van der Waals surface area contributed by atoms with Crippen molar-refractivity contribution < 1.29 is 19.4 Å². The molecule has 0 heterocycles. The summed E-state index contributed by atoms with van der Waals surface area (Å²) < 4.78 is 10.6. The fourth-order valence-corrected chi connectivity index (χ4v) is 2.06. The number of carbonyl (C=O) groups is 1. The van der Waals surface area contributed by atoms with Crippen LogP contribution in [0, 0.1) is 13.8 Å². The number of rotatable bonds is 6. The lowest BCUT2D eigenvalue weighted by Crippen LogP contribution is -2.23. The van der Waals surface area contributed by atoms with Crippen LogP contribution in [0.5, 0.6) is 11.5 Å². The molecule has 5 nitrogen and oxygen atoms in total. The van der Waals surface area contributed by atoms with E-state index in [1.54, 1.807) is 24.4 Å². The van der Waals surface area contributed by atoms with Crippen LogP contribution >= 0.6 is 0 Å². The number of benzene rings is 2. The number of carboxylic acid groups (broad SMARTS) is 1. The maximum atomic E-state index is 10.9. The predicted octanol–water partition coefficient (Wildman–Crippen LogP) is 3.91. The molecule has 0 aliphatic carbocycles. The van der Waals surface area contributed by atoms with Gasteiger partial charge in [0.2, 0.25) is 0 Å². The van der Waals surface area contributed by atoms with Gasteiger partial charge < -0.3 is 14.6 Å². The van der Waals surface area contributed by atoms with E-state index in [0.29, 0.717) is 11.5 Å². The maximum absolute atomic E-state index is 10.9. The van der Waals surface area contributed by atoms with Crippen LogP contribution in [-0.4, -0.2) is 30.5 Å². The molecule has 0 amide bonds. The number of aryl methyl sites for hydroxylation is 2. The van der Waals surface area contributed by atoms with E-state index in [-0.39, 0.29) is 0 Å². The van der Waals surface area contributed by atoms with E-state index >= 15 is 0 Å². The van der Waals surface area contributed by atoms with Gasteiger partial charge in [-0.15, -0.1) is 0 Å². The van der Waals surface area contributed by atoms with Crippen molar-refractivity contribution in [3.8, 4) is 11.5 Å². The second-order valence-corrected chi connectivity index (χ2v) is 5.54. The highest BCUT2D eigenvalue weighted by Crippen LogP contribution is 2.29. The highest BCUT2D eigenvalue weighted by molar-refractivity contribution is 5.83. The minimum atomic E-state index is -1.03. The standard InChI is InChI=1S/C19H21NO4/c1-12-5-7-16(9-13(12)2)20-11-15-6-8-17(18(10-15)23-4)24-14(3)19(21)22/h5-11,14H,1-4H3,(H,21,22)/t14-/m1/s1. The molecule has 24 heavy (non-hydrogen) atoms. The molecule has 1 N–H and O–H groups in total. The predicted molar refractivity (Wildman–Crippen MR) is 93.9 cm³/mol. The number of methoxy groups -OCH3 is 1. The van der Waals surface area contributed by atoms with Crippen molar-refractivity contribution in [1.82, 2.24) is 0 Å². The molecule has 0 fully saturated rings. The Bertz CT molecular complexity index is 768. The Hall–Kier alpha value is -2.82. The van der Waals surface area contributed by atoms with Crippen molar-refractivity contribution in [3.63, 3.8) is 0 Å². The molecule has 126 valence electrons. The van der Waals surface area contributed by atoms with Crippen LogP contribution in [0.15, 0.2) is 41.4 Å². The van der Waals surface area contributed by atoms with Gasteiger partial charge in [0.25, 0.3) is 0 Å². The molecule has 2 aromatic carbocycles. The van der Waals surface area contributed by atoms with Crippen LogP contribution in [0.2, 0.25) is 0 Å². The first-order valence-electron chi connectivity index (χ1n) is 7.59. The van der Waals surface area contributed by atoms with Gasteiger partial charge in [-0.3, -0.25) is 4.99 Å². The number of hydrogen-bond donors (Lipinski definition) is 1. The Labute approximate surface area is 141 Å². The summed E-state index contributed by atoms with van der Waals surface area (Å²) in [6.45, 7) is 5.58. The topological polar surface area (TPSA) is 68.1 Å². The van der Waals surface area contributed by atoms with E-state index < -0.39 is 12.1 Å². The number of nitrogens with zero attached hydrogens (tertiary/aromatic N) is 1. The van der Waals surface area contributed by atoms with Crippen molar-refractivity contribution in [1.29, 1.82) is 0 Å². The number of hydrogen-bond acceptors (Lipinski definition) is 4. The van der Waals surface area contributed by atoms with E-state index in [1.165, 1.54) is 25.2 Å². The Morgan fingerprint density at radius 1 is 1.12 bits per heavy atom. The number of aliphatic carboxylic acids is 1. The first-order chi connectivity index (χ1) is 11.4. The average molecular weight is 327 g/mol. The van der Waals surface area contributed by atoms with Gasteiger partial charge in [-0.2, -0.15) is 0 Å². The van der Waals surface area contributed by atoms with Gasteiger partial charge in [-0.1, -0.05) is 6.07 Å². The van der Waals surface area contributed by atoms with Crippen LogP contribution < -0.4 is 9.47 Å². The van der Waals surface area contributed by atoms with E-state index in [2.05, 4.69) is 11.9 Å². The van der Waals surface area contributed by atoms with E-state index in [0.717, 1.165) is 11.3 Å². The molecule has 0 radical (unpaired) electrons. The monoisotopic (exact) mass is 327 g/mol. The highest BCUT2D eigenvalue weighted by Gasteiger charge is 2.15. The Kier molecular flexibility index (Phi) is 5.58. The fraction of sp³-hybridized carbons (Fsp3) is 0.263. The zero-order valence-electron chi connectivity index (χ0n) is 14.2. The third-order valence-electron chi connectivity index (χ3n) is 3.69. The van der Waals surface area contributed by atoms with Crippen LogP contribution in [0.4, 0.5) is 5.69 Å². The van der Waals surface area contributed by atoms with Gasteiger partial charge in [0.05, 0.1) is 12.8 Å². The van der Waals surface area contributed by atoms with Gasteiger partial charge in [-0.05, 0) is 67.8 Å². The third kappa shape index (κ3) is 4.35. The summed E-state index contributed by atoms with van der Waals surface area (Å²) in [7, 11) is 1.51. The normalized spacial score (nSPS) is 12.2. The smallest absolute Gasteiger partial charge is 0.344 e. The number of aliphatic imine (C=N–C) groups is 1. The SMILES string of the molecule is COc1cc(C=Nc2ccc(C)c(C)c2)ccc1O[C@H](C)C(=O)O. The first kappa shape index (κ1) is 17.5. The molecule has 0 aliphatic heterocycles. The molecule has 0 spiro atoms. The van der Waals surface area contributed by atoms with Crippen LogP contribution in [0.1, 0.15) is 23.6 Å². The summed E-state index contributed by atoms with van der Waals surface area (Å²) in [6, 6.07) is 11.3. The lowest BCUT2D eigenvalue weighted by molar-refractivity contribution is -0.144. The molecule has 0 saturated carbocycles. The van der Waals surface area contributed by atoms with Gasteiger partial charge >= 0.3 is 5.97 Å². The molecule has 0 unspecified atom stereocenters. The summed E-state index contributed by atoms with van der Waals surface area (Å²) >= 11 is 0. The zero-order chi connectivity index (χ0) is 17.7. The second-order valence-electron chi connectivity index (χ2n) is 5.54. The molecular weight excluding hydrogens is 306 g/mol. The molecule has 0 aromatic heterocycles. The molecule has 2 aromatic rings. The summed E-state index contributed by atoms with van der Waals surface area (Å²) in [6.07, 6.45) is 0.783. The maximum Gasteiger partial charge on any atom is 0.344 e. The van der Waals surface area contributed by atoms with Gasteiger partial charge in [0.15, 0.2) is 17.6 Å². The fourth-order valence-electron chi connectivity index (χ4n) is 2.06. The van der Waals surface area contributed by atoms with Crippen LogP contribution in [0.3, 0.4) is 0 Å². The second kappa shape index (κ2) is 7.64. The molecular formula is C19H21NO4. The van der Waals surface area contributed by atoms with Crippen LogP contribution in [-0.2, 0) is 4.79 Å². The minimum absolute atomic E-state index is 0.385. The lowest BCUT2D eigenvalue weighted by Gasteiger charge is -2.14. The average Bonchev–Trinajstić information content (AvgIpc) is 2.56. The molecule has 0 bridgehead atoms. The van der Waals surface area contributed by atoms with Gasteiger partial charge in [-0.25, -0.2) is 4.79 Å². The Morgan fingerprint density at radius 3 is 2.50 bits per heavy atom. The van der Waals surface area contributed by atoms with Crippen molar-refractivity contribution >= 4 is 17.9 Å². The van der Waals surface area contributed by atoms with E-state index in [9.17, 15) is 4.79 Å². The Balaban J connectivity index is 2.20. The van der Waals surface area contributed by atoms with Gasteiger partial charge in [0.1, 0.15) is 0 Å². The summed E-state index contributed by atoms with van der Waals surface area (Å²) in [5.74, 6) is -0.180. The van der Waals surface area contributed by atoms with Crippen molar-refractivity contribution in [3.05, 3.63) is 53.1 Å². The lowest BCUT2D eigenvalue weighted by atomic mass is 10.1. The van der Waals surface area contributed by atoms with Crippen molar-refractivity contribution in [2.45, 2.75) is 26.9 Å². The quantitative estimate of drug-likeness (QED) is 0.817. The van der Waals surface area contributed by atoms with Crippen LogP contribution in [0.25, 0.3) is 0 Å². The van der Waals surface area contributed by atoms with Crippen molar-refractivity contribution in [2.24, 2.45) is 4.99 Å². The summed E-state index contributed by atoms with van der Waals surface area (Å²) in [5, 5.41) is 8.93. The molecule has 0 saturated heterocycles. The zero-order valence-corrected chi connectivity index (χ0v) is 14.2. The van der Waals surface area contributed by atoms with E-state index in [4.69, 9.17) is 14.6 Å². The molecule has 0 aliphatic rings. The van der Waals surface area contributed by atoms with Crippen molar-refractivity contribution in [2.75, 3.05) is 7.11 Å². The Morgan fingerprint density at radius 2 is 1.88 bits per heavy atom. The molecule has 1 atom stereocenters. The largest absolute Gasteiger partial charge is 0.493 e. The van der Waals surface area contributed by atoms with E-state index in [1.807, 2.05) is 25.1 Å². The third-order valence-corrected chi connectivity index (χ3v) is 3.69. The molecule has 2 rings (SSSR count). The number of carboxylic acids is 1. The summed E-state index contributed by atoms with van der Waals surface area (Å²) in [5.41, 5.74) is 4.12. The first-order valence-corrected chi connectivity index (χ1v) is 7.59. The highest BCUT2D eigenvalue weighted by atomic mass is 16.5. The summed E-state index contributed by atoms with van der Waals surface area (Å²) in [4.78, 5) is 15.4.